The molecule has 5 nitrogen and oxygen atoms in total. The van der Waals surface area contributed by atoms with E-state index in [0.29, 0.717) is 25.5 Å². The van der Waals surface area contributed by atoms with Gasteiger partial charge >= 0.3 is 18.2 Å². The lowest BCUT2D eigenvalue weighted by Crippen LogP contribution is -2.51. The van der Waals surface area contributed by atoms with E-state index in [1.54, 1.807) is 25.7 Å². The number of amides is 1. The number of rotatable bonds is 6. The fourth-order valence-corrected chi connectivity index (χ4v) is 4.31. The number of nitrogens with one attached hydrogen (secondary N) is 1. The van der Waals surface area contributed by atoms with Crippen LogP contribution in [0.3, 0.4) is 0 Å². The van der Waals surface area contributed by atoms with Gasteiger partial charge in [0.1, 0.15) is 11.4 Å². The Kier molecular flexibility index (Phi) is 8.17. The summed E-state index contributed by atoms with van der Waals surface area (Å²) < 4.78 is 77.6. The van der Waals surface area contributed by atoms with Crippen molar-refractivity contribution < 1.29 is 36.2 Å². The van der Waals surface area contributed by atoms with Gasteiger partial charge in [-0.3, -0.25) is 4.90 Å². The molecule has 0 unspecified atom stereocenters. The summed E-state index contributed by atoms with van der Waals surface area (Å²) in [6.45, 7) is 5.75. The molecule has 3 rings (SSSR count). The predicted molar refractivity (Wildman–Crippen MR) is 125 cm³/mol. The number of carbonyl (C=O) groups is 1. The van der Waals surface area contributed by atoms with Gasteiger partial charge in [-0.15, -0.1) is 0 Å². The summed E-state index contributed by atoms with van der Waals surface area (Å²) in [6, 6.07) is 11.2. The smallest absolute Gasteiger partial charge is 0.458 e. The molecule has 0 aliphatic carbocycles. The summed E-state index contributed by atoms with van der Waals surface area (Å²) in [4.78, 5) is 14.7. The molecule has 1 amide bonds. The summed E-state index contributed by atoms with van der Waals surface area (Å²) >= 11 is 0. The summed E-state index contributed by atoms with van der Waals surface area (Å²) in [6.07, 6.45) is -4.89. The summed E-state index contributed by atoms with van der Waals surface area (Å²) in [5, 5.41) is 3.27. The van der Waals surface area contributed by atoms with E-state index in [0.717, 1.165) is 17.7 Å². The maximum absolute atomic E-state index is 14.0. The van der Waals surface area contributed by atoms with Crippen molar-refractivity contribution in [3.63, 3.8) is 0 Å². The van der Waals surface area contributed by atoms with Gasteiger partial charge in [0.25, 0.3) is 0 Å². The lowest BCUT2D eigenvalue weighted by atomic mass is 9.90. The molecule has 1 aliphatic rings. The van der Waals surface area contributed by atoms with Gasteiger partial charge < -0.3 is 14.8 Å². The maximum atomic E-state index is 14.0. The van der Waals surface area contributed by atoms with Crippen molar-refractivity contribution in [2.45, 2.75) is 69.9 Å². The van der Waals surface area contributed by atoms with Gasteiger partial charge in [-0.1, -0.05) is 30.3 Å². The second-order valence-electron chi connectivity index (χ2n) is 9.76. The normalized spacial score (nSPS) is 19.2. The van der Waals surface area contributed by atoms with E-state index in [-0.39, 0.29) is 23.9 Å². The first-order chi connectivity index (χ1) is 16.7. The number of hydrogen-bond acceptors (Lipinski definition) is 4. The second-order valence-corrected chi connectivity index (χ2v) is 9.76. The van der Waals surface area contributed by atoms with Crippen LogP contribution >= 0.6 is 0 Å². The van der Waals surface area contributed by atoms with Crippen LogP contribution in [0.1, 0.15) is 56.3 Å². The minimum atomic E-state index is -5.72. The van der Waals surface area contributed by atoms with E-state index in [2.05, 4.69) is 5.32 Å². The molecule has 0 radical (unpaired) electrons. The van der Waals surface area contributed by atoms with Crippen LogP contribution in [0, 0.1) is 0 Å². The van der Waals surface area contributed by atoms with Crippen molar-refractivity contribution in [3.05, 3.63) is 65.2 Å². The predicted octanol–water partition coefficient (Wildman–Crippen LogP) is 6.58. The van der Waals surface area contributed by atoms with Crippen LogP contribution in [0.15, 0.2) is 48.5 Å². The van der Waals surface area contributed by atoms with Gasteiger partial charge in [-0.25, -0.2) is 4.79 Å². The molecule has 1 N–H and O–H groups in total. The van der Waals surface area contributed by atoms with Crippen molar-refractivity contribution in [3.8, 4) is 5.75 Å². The van der Waals surface area contributed by atoms with E-state index in [4.69, 9.17) is 9.47 Å². The number of nitrogens with zero attached hydrogens (tertiary/aromatic N) is 1. The summed E-state index contributed by atoms with van der Waals surface area (Å²) in [5.74, 6) is -4.82. The van der Waals surface area contributed by atoms with Crippen molar-refractivity contribution >= 4 is 6.09 Å². The van der Waals surface area contributed by atoms with Crippen molar-refractivity contribution in [2.24, 2.45) is 0 Å². The van der Waals surface area contributed by atoms with E-state index >= 15 is 0 Å². The van der Waals surface area contributed by atoms with E-state index in [1.165, 1.54) is 7.11 Å². The Morgan fingerprint density at radius 2 is 1.72 bits per heavy atom. The van der Waals surface area contributed by atoms with Gasteiger partial charge in [0.05, 0.1) is 13.2 Å². The van der Waals surface area contributed by atoms with Crippen molar-refractivity contribution in [2.75, 3.05) is 13.7 Å². The van der Waals surface area contributed by atoms with E-state index in [1.807, 2.05) is 30.3 Å². The highest BCUT2D eigenvalue weighted by Crippen LogP contribution is 2.44. The molecule has 0 spiro atoms. The maximum Gasteiger partial charge on any atom is 0.458 e. The molecule has 1 saturated heterocycles. The standard InChI is InChI=1S/C26H31F5N2O3/c1-24(2,3)36-23(34)33-14-8-11-20(22(33)17-9-6-5-7-10-17)32-16-18-15-19(12-13-21(18)35-4)25(27,28)26(29,30)31/h5-7,9-10,12-13,15,20,22,32H,8,11,14,16H2,1-4H3/t20-,22-/m0/s1. The zero-order valence-corrected chi connectivity index (χ0v) is 20.7. The highest BCUT2D eigenvalue weighted by Gasteiger charge is 2.58. The van der Waals surface area contributed by atoms with Crippen LogP contribution in [-0.2, 0) is 17.2 Å². The van der Waals surface area contributed by atoms with Crippen molar-refractivity contribution in [1.29, 1.82) is 0 Å². The minimum Gasteiger partial charge on any atom is -0.496 e. The number of carbonyl (C=O) groups excluding carboxylic acids is 1. The molecule has 2 aromatic rings. The molecule has 10 heteroatoms. The Labute approximate surface area is 207 Å². The van der Waals surface area contributed by atoms with Crippen molar-refractivity contribution in [1.82, 2.24) is 10.2 Å². The fourth-order valence-electron chi connectivity index (χ4n) is 4.31. The second kappa shape index (κ2) is 10.6. The Morgan fingerprint density at radius 3 is 2.31 bits per heavy atom. The molecule has 198 valence electrons. The molecule has 1 aliphatic heterocycles. The van der Waals surface area contributed by atoms with Crippen LogP contribution in [0.5, 0.6) is 5.75 Å². The van der Waals surface area contributed by atoms with Gasteiger partial charge in [-0.2, -0.15) is 22.0 Å². The molecule has 36 heavy (non-hydrogen) atoms. The zero-order chi connectivity index (χ0) is 26.7. The lowest BCUT2D eigenvalue weighted by molar-refractivity contribution is -0.289. The molecular weight excluding hydrogens is 483 g/mol. The molecule has 1 heterocycles. The van der Waals surface area contributed by atoms with Gasteiger partial charge in [0.15, 0.2) is 0 Å². The van der Waals surface area contributed by atoms with Gasteiger partial charge in [0.2, 0.25) is 0 Å². The quantitative estimate of drug-likeness (QED) is 0.443. The average molecular weight is 515 g/mol. The number of likely N-dealkylation sites (tertiary alicyclic amines) is 1. The molecule has 2 atom stereocenters. The first-order valence-electron chi connectivity index (χ1n) is 11.6. The number of methoxy groups -OCH3 is 1. The fraction of sp³-hybridized carbons (Fsp3) is 0.500. The summed E-state index contributed by atoms with van der Waals surface area (Å²) in [7, 11) is 1.32. The van der Waals surface area contributed by atoms with Crippen LogP contribution in [0.4, 0.5) is 26.7 Å². The molecule has 0 bridgehead atoms. The molecular formula is C26H31F5N2O3. The average Bonchev–Trinajstić information content (AvgIpc) is 2.81. The largest absolute Gasteiger partial charge is 0.496 e. The zero-order valence-electron chi connectivity index (χ0n) is 20.7. The molecule has 2 aromatic carbocycles. The minimum absolute atomic E-state index is 0.0406. The Balaban J connectivity index is 1.90. The number of halogens is 5. The number of hydrogen-bond donors (Lipinski definition) is 1. The van der Waals surface area contributed by atoms with Crippen LogP contribution in [0.2, 0.25) is 0 Å². The SMILES string of the molecule is COc1ccc(C(F)(F)C(F)(F)F)cc1CN[C@H]1CCCN(C(=O)OC(C)(C)C)[C@H]1c1ccccc1. The third-order valence-corrected chi connectivity index (χ3v) is 5.95. The van der Waals surface area contributed by atoms with E-state index in [9.17, 15) is 26.7 Å². The summed E-state index contributed by atoms with van der Waals surface area (Å²) in [5.41, 5.74) is -0.854. The number of alkyl halides is 5. The van der Waals surface area contributed by atoms with Crippen LogP contribution in [-0.4, -0.2) is 42.5 Å². The third-order valence-electron chi connectivity index (χ3n) is 5.95. The Morgan fingerprint density at radius 1 is 1.06 bits per heavy atom. The topological polar surface area (TPSA) is 50.8 Å². The van der Waals surface area contributed by atoms with E-state index < -0.39 is 35.4 Å². The number of ether oxygens (including phenoxy) is 2. The first kappa shape index (κ1) is 27.7. The molecule has 0 aromatic heterocycles. The monoisotopic (exact) mass is 514 g/mol. The molecule has 1 fully saturated rings. The number of benzene rings is 2. The Bertz CT molecular complexity index is 1040. The highest BCUT2D eigenvalue weighted by molar-refractivity contribution is 5.69. The van der Waals surface area contributed by atoms with Crippen LogP contribution in [0.25, 0.3) is 0 Å². The first-order valence-corrected chi connectivity index (χ1v) is 11.6. The Hall–Kier alpha value is -2.88. The van der Waals surface area contributed by atoms with Gasteiger partial charge in [0, 0.05) is 30.3 Å². The molecule has 0 saturated carbocycles. The number of piperidine rings is 1. The third kappa shape index (κ3) is 6.27. The lowest BCUT2D eigenvalue weighted by Gasteiger charge is -2.42. The van der Waals surface area contributed by atoms with Gasteiger partial charge in [-0.05, 0) is 57.4 Å². The highest BCUT2D eigenvalue weighted by atomic mass is 19.4. The van der Waals surface area contributed by atoms with Crippen LogP contribution < -0.4 is 10.1 Å².